The molecule has 0 amide bonds. The van der Waals surface area contributed by atoms with E-state index in [1.807, 2.05) is 0 Å². The van der Waals surface area contributed by atoms with Crippen LogP contribution in [0.3, 0.4) is 0 Å². The van der Waals surface area contributed by atoms with Crippen LogP contribution in [0.5, 0.6) is 11.5 Å². The van der Waals surface area contributed by atoms with Crippen molar-refractivity contribution in [2.45, 2.75) is 25.1 Å². The monoisotopic (exact) mass is 316 g/mol. The van der Waals surface area contributed by atoms with Gasteiger partial charge in [0.05, 0.1) is 14.2 Å². The highest BCUT2D eigenvalue weighted by Crippen LogP contribution is 2.61. The van der Waals surface area contributed by atoms with E-state index in [-0.39, 0.29) is 16.1 Å². The molecule has 0 bridgehead atoms. The summed E-state index contributed by atoms with van der Waals surface area (Å²) in [7, 11) is 3.07. The van der Waals surface area contributed by atoms with Gasteiger partial charge in [0, 0.05) is 16.5 Å². The van der Waals surface area contributed by atoms with Crippen molar-refractivity contribution in [2.24, 2.45) is 11.3 Å². The third-order valence-electron chi connectivity index (χ3n) is 3.74. The van der Waals surface area contributed by atoms with Gasteiger partial charge in [0.15, 0.2) is 11.5 Å². The fourth-order valence-electron chi connectivity index (χ4n) is 2.31. The molecule has 18 heavy (non-hydrogen) atoms. The van der Waals surface area contributed by atoms with Gasteiger partial charge in [-0.3, -0.25) is 0 Å². The second-order valence-electron chi connectivity index (χ2n) is 5.43. The maximum absolute atomic E-state index is 14.1. The highest BCUT2D eigenvalue weighted by molar-refractivity contribution is 9.09. The summed E-state index contributed by atoms with van der Waals surface area (Å²) in [5.74, 6) is 1.20. The molecule has 0 aliphatic heterocycles. The molecular weight excluding hydrogens is 299 g/mol. The largest absolute Gasteiger partial charge is 0.493 e. The average Bonchev–Trinajstić information content (AvgIpc) is 2.97. The predicted molar refractivity (Wildman–Crippen MR) is 73.1 cm³/mol. The van der Waals surface area contributed by atoms with Gasteiger partial charge in [-0.05, 0) is 23.8 Å². The zero-order valence-electron chi connectivity index (χ0n) is 11.1. The average molecular weight is 317 g/mol. The molecule has 1 aromatic rings. The molecule has 1 aliphatic carbocycles. The smallest absolute Gasteiger partial charge is 0.163 e. The SMILES string of the molecule is COc1cc(F)c(C(Br)C2CC2(C)C)cc1OC. The van der Waals surface area contributed by atoms with Crippen LogP contribution in [0.15, 0.2) is 12.1 Å². The standard InChI is InChI=1S/C14H18BrFO2/c1-14(2)7-9(14)13(15)8-5-11(17-3)12(18-4)6-10(8)16/h5-6,9,13H,7H2,1-4H3. The molecule has 0 aromatic heterocycles. The molecule has 1 aliphatic rings. The number of benzene rings is 1. The molecule has 0 spiro atoms. The van der Waals surface area contributed by atoms with E-state index >= 15 is 0 Å². The highest BCUT2D eigenvalue weighted by atomic mass is 79.9. The van der Waals surface area contributed by atoms with Crippen molar-refractivity contribution >= 4 is 15.9 Å². The van der Waals surface area contributed by atoms with Crippen LogP contribution < -0.4 is 9.47 Å². The molecule has 4 heteroatoms. The fourth-order valence-corrected chi connectivity index (χ4v) is 3.56. The van der Waals surface area contributed by atoms with Crippen molar-refractivity contribution in [3.63, 3.8) is 0 Å². The number of halogens is 2. The molecule has 2 atom stereocenters. The molecule has 2 unspecified atom stereocenters. The lowest BCUT2D eigenvalue weighted by Gasteiger charge is -2.16. The Balaban J connectivity index is 2.33. The van der Waals surface area contributed by atoms with Gasteiger partial charge in [0.2, 0.25) is 0 Å². The maximum atomic E-state index is 14.1. The van der Waals surface area contributed by atoms with Crippen molar-refractivity contribution in [2.75, 3.05) is 14.2 Å². The molecule has 1 aromatic carbocycles. The van der Waals surface area contributed by atoms with Crippen LogP contribution in [0, 0.1) is 17.2 Å². The molecular formula is C14H18BrFO2. The summed E-state index contributed by atoms with van der Waals surface area (Å²) >= 11 is 3.61. The highest BCUT2D eigenvalue weighted by Gasteiger charge is 2.50. The van der Waals surface area contributed by atoms with E-state index in [1.54, 1.807) is 13.2 Å². The molecule has 2 nitrogen and oxygen atoms in total. The van der Waals surface area contributed by atoms with Gasteiger partial charge >= 0.3 is 0 Å². The summed E-state index contributed by atoms with van der Waals surface area (Å²) in [6.45, 7) is 4.40. The Morgan fingerprint density at radius 3 is 2.22 bits per heavy atom. The van der Waals surface area contributed by atoms with Gasteiger partial charge < -0.3 is 9.47 Å². The normalized spacial score (nSPS) is 22.4. The molecule has 0 saturated heterocycles. The van der Waals surface area contributed by atoms with Crippen LogP contribution in [0.4, 0.5) is 4.39 Å². The quantitative estimate of drug-likeness (QED) is 0.770. The molecule has 2 rings (SSSR count). The zero-order valence-corrected chi connectivity index (χ0v) is 12.7. The van der Waals surface area contributed by atoms with Gasteiger partial charge in [0.1, 0.15) is 5.82 Å². The van der Waals surface area contributed by atoms with E-state index < -0.39 is 0 Å². The van der Waals surface area contributed by atoms with Crippen LogP contribution in [0.2, 0.25) is 0 Å². The second-order valence-corrected chi connectivity index (χ2v) is 6.42. The van der Waals surface area contributed by atoms with Crippen LogP contribution in [-0.2, 0) is 0 Å². The summed E-state index contributed by atoms with van der Waals surface area (Å²) in [4.78, 5) is 0.0207. The Morgan fingerprint density at radius 1 is 1.28 bits per heavy atom. The van der Waals surface area contributed by atoms with Crippen molar-refractivity contribution in [3.05, 3.63) is 23.5 Å². The number of alkyl halides is 1. The van der Waals surface area contributed by atoms with Gasteiger partial charge in [-0.15, -0.1) is 0 Å². The van der Waals surface area contributed by atoms with E-state index in [2.05, 4.69) is 29.8 Å². The van der Waals surface area contributed by atoms with Crippen LogP contribution >= 0.6 is 15.9 Å². The van der Waals surface area contributed by atoms with E-state index in [0.717, 1.165) is 6.42 Å². The van der Waals surface area contributed by atoms with E-state index in [0.29, 0.717) is 23.0 Å². The number of hydrogen-bond acceptors (Lipinski definition) is 2. The molecule has 100 valence electrons. The summed E-state index contributed by atoms with van der Waals surface area (Å²) < 4.78 is 24.4. The molecule has 1 fully saturated rings. The first-order valence-corrected chi connectivity index (χ1v) is 6.87. The number of ether oxygens (including phenoxy) is 2. The van der Waals surface area contributed by atoms with Gasteiger partial charge in [-0.2, -0.15) is 0 Å². The summed E-state index contributed by atoms with van der Waals surface area (Å²) in [5.41, 5.74) is 0.927. The lowest BCUT2D eigenvalue weighted by atomic mass is 10.0. The first-order chi connectivity index (χ1) is 8.40. The minimum Gasteiger partial charge on any atom is -0.493 e. The zero-order chi connectivity index (χ0) is 13.5. The lowest BCUT2D eigenvalue weighted by Crippen LogP contribution is -2.03. The Kier molecular flexibility index (Phi) is 3.58. The topological polar surface area (TPSA) is 18.5 Å². The summed E-state index contributed by atoms with van der Waals surface area (Å²) in [5, 5.41) is 0. The van der Waals surface area contributed by atoms with E-state index in [1.165, 1.54) is 13.2 Å². The number of rotatable bonds is 4. The Labute approximate surface area is 116 Å². The molecule has 0 heterocycles. The Hall–Kier alpha value is -0.770. The third-order valence-corrected chi connectivity index (χ3v) is 4.87. The molecule has 0 N–H and O–H groups in total. The summed E-state index contributed by atoms with van der Waals surface area (Å²) in [6.07, 6.45) is 1.11. The fraction of sp³-hybridized carbons (Fsp3) is 0.571. The van der Waals surface area contributed by atoms with Gasteiger partial charge in [0.25, 0.3) is 0 Å². The maximum Gasteiger partial charge on any atom is 0.163 e. The lowest BCUT2D eigenvalue weighted by molar-refractivity contribution is 0.351. The first-order valence-electron chi connectivity index (χ1n) is 5.96. The second kappa shape index (κ2) is 4.72. The van der Waals surface area contributed by atoms with E-state index in [9.17, 15) is 4.39 Å². The molecule has 0 radical (unpaired) electrons. The van der Waals surface area contributed by atoms with Crippen molar-refractivity contribution in [3.8, 4) is 11.5 Å². The Bertz CT molecular complexity index is 459. The Morgan fingerprint density at radius 2 is 1.78 bits per heavy atom. The van der Waals surface area contributed by atoms with Crippen LogP contribution in [0.25, 0.3) is 0 Å². The van der Waals surface area contributed by atoms with Crippen LogP contribution in [-0.4, -0.2) is 14.2 Å². The van der Waals surface area contributed by atoms with Crippen molar-refractivity contribution in [1.29, 1.82) is 0 Å². The number of hydrogen-bond donors (Lipinski definition) is 0. The van der Waals surface area contributed by atoms with Crippen molar-refractivity contribution < 1.29 is 13.9 Å². The van der Waals surface area contributed by atoms with Crippen LogP contribution in [0.1, 0.15) is 30.7 Å². The number of methoxy groups -OCH3 is 2. The minimum atomic E-state index is -0.253. The minimum absolute atomic E-state index is 0.0207. The van der Waals surface area contributed by atoms with Gasteiger partial charge in [-0.1, -0.05) is 29.8 Å². The van der Waals surface area contributed by atoms with Crippen molar-refractivity contribution in [1.82, 2.24) is 0 Å². The van der Waals surface area contributed by atoms with Gasteiger partial charge in [-0.25, -0.2) is 4.39 Å². The van der Waals surface area contributed by atoms with E-state index in [4.69, 9.17) is 9.47 Å². The molecule has 1 saturated carbocycles. The first kappa shape index (κ1) is 13.7. The summed E-state index contributed by atoms with van der Waals surface area (Å²) in [6, 6.07) is 3.11. The predicted octanol–water partition coefficient (Wildman–Crippen LogP) is 4.33. The third kappa shape index (κ3) is 2.35.